The molecular formula is C18H26IN3O2. The van der Waals surface area contributed by atoms with Crippen molar-refractivity contribution < 1.29 is 9.15 Å². The molecule has 2 aromatic rings. The monoisotopic (exact) mass is 443 g/mol. The van der Waals surface area contributed by atoms with Crippen molar-refractivity contribution in [2.45, 2.75) is 12.8 Å². The van der Waals surface area contributed by atoms with Crippen molar-refractivity contribution in [1.82, 2.24) is 10.2 Å². The summed E-state index contributed by atoms with van der Waals surface area (Å²) in [4.78, 5) is 6.54. The van der Waals surface area contributed by atoms with Crippen molar-refractivity contribution in [3.63, 3.8) is 0 Å². The smallest absolute Gasteiger partial charge is 0.193 e. The fourth-order valence-corrected chi connectivity index (χ4v) is 3.04. The van der Waals surface area contributed by atoms with Gasteiger partial charge in [-0.3, -0.25) is 4.99 Å². The van der Waals surface area contributed by atoms with Crippen molar-refractivity contribution in [3.8, 4) is 0 Å². The number of ether oxygens (including phenoxy) is 1. The maximum Gasteiger partial charge on any atom is 0.193 e. The first-order valence-electron chi connectivity index (χ1n) is 8.23. The van der Waals surface area contributed by atoms with E-state index in [1.54, 1.807) is 0 Å². The molecule has 1 atom stereocenters. The Hall–Kier alpha value is -1.28. The zero-order valence-corrected chi connectivity index (χ0v) is 16.7. The molecule has 0 saturated carbocycles. The molecule has 0 spiro atoms. The summed E-state index contributed by atoms with van der Waals surface area (Å²) in [5, 5.41) is 4.57. The van der Waals surface area contributed by atoms with Gasteiger partial charge in [0.1, 0.15) is 11.3 Å². The zero-order valence-electron chi connectivity index (χ0n) is 14.3. The molecule has 0 bridgehead atoms. The summed E-state index contributed by atoms with van der Waals surface area (Å²) in [6, 6.07) is 10.2. The quantitative estimate of drug-likeness (QED) is 0.439. The second kappa shape index (κ2) is 9.27. The van der Waals surface area contributed by atoms with Crippen molar-refractivity contribution in [2.75, 3.05) is 40.4 Å². The van der Waals surface area contributed by atoms with Crippen LogP contribution in [-0.2, 0) is 11.2 Å². The minimum Gasteiger partial charge on any atom is -0.461 e. The summed E-state index contributed by atoms with van der Waals surface area (Å²) in [7, 11) is 3.90. The van der Waals surface area contributed by atoms with Crippen LogP contribution in [0.4, 0.5) is 0 Å². The third-order valence-corrected chi connectivity index (χ3v) is 4.26. The molecule has 1 N–H and O–H groups in total. The van der Waals surface area contributed by atoms with E-state index in [1.807, 2.05) is 25.2 Å². The van der Waals surface area contributed by atoms with E-state index in [0.29, 0.717) is 5.92 Å². The molecule has 1 aliphatic heterocycles. The highest BCUT2D eigenvalue weighted by atomic mass is 127. The number of guanidine groups is 1. The Labute approximate surface area is 160 Å². The van der Waals surface area contributed by atoms with Crippen LogP contribution in [0.1, 0.15) is 12.2 Å². The molecule has 0 radical (unpaired) electrons. The predicted octanol–water partition coefficient (Wildman–Crippen LogP) is 3.14. The van der Waals surface area contributed by atoms with Gasteiger partial charge in [0.15, 0.2) is 5.96 Å². The summed E-state index contributed by atoms with van der Waals surface area (Å²) >= 11 is 0. The first kappa shape index (κ1) is 19.1. The zero-order chi connectivity index (χ0) is 16.1. The van der Waals surface area contributed by atoms with Crippen molar-refractivity contribution in [1.29, 1.82) is 0 Å². The number of nitrogens with one attached hydrogen (secondary N) is 1. The van der Waals surface area contributed by atoms with E-state index in [4.69, 9.17) is 9.15 Å². The third kappa shape index (κ3) is 4.86. The van der Waals surface area contributed by atoms with Gasteiger partial charge >= 0.3 is 0 Å². The van der Waals surface area contributed by atoms with Crippen LogP contribution in [0.2, 0.25) is 0 Å². The van der Waals surface area contributed by atoms with Gasteiger partial charge in [0, 0.05) is 51.5 Å². The van der Waals surface area contributed by atoms with Gasteiger partial charge in [0.2, 0.25) is 0 Å². The van der Waals surface area contributed by atoms with E-state index in [0.717, 1.165) is 61.8 Å². The Morgan fingerprint density at radius 3 is 2.92 bits per heavy atom. The van der Waals surface area contributed by atoms with Crippen molar-refractivity contribution >= 4 is 40.9 Å². The average molecular weight is 443 g/mol. The molecule has 6 heteroatoms. The van der Waals surface area contributed by atoms with Crippen LogP contribution in [0.15, 0.2) is 39.7 Å². The number of benzene rings is 1. The van der Waals surface area contributed by atoms with Crippen LogP contribution in [0.3, 0.4) is 0 Å². The van der Waals surface area contributed by atoms with E-state index in [1.165, 1.54) is 0 Å². The number of furan rings is 1. The highest BCUT2D eigenvalue weighted by Crippen LogP contribution is 2.18. The van der Waals surface area contributed by atoms with E-state index >= 15 is 0 Å². The summed E-state index contributed by atoms with van der Waals surface area (Å²) in [5.74, 6) is 2.53. The van der Waals surface area contributed by atoms with Gasteiger partial charge in [-0.2, -0.15) is 0 Å². The lowest BCUT2D eigenvalue weighted by Crippen LogP contribution is -2.42. The third-order valence-electron chi connectivity index (χ3n) is 4.26. The van der Waals surface area contributed by atoms with Gasteiger partial charge in [0.05, 0.1) is 6.61 Å². The van der Waals surface area contributed by atoms with E-state index in [2.05, 4.69) is 34.4 Å². The van der Waals surface area contributed by atoms with E-state index < -0.39 is 0 Å². The highest BCUT2D eigenvalue weighted by Gasteiger charge is 2.19. The molecule has 3 rings (SSSR count). The first-order valence-corrected chi connectivity index (χ1v) is 8.23. The second-order valence-corrected chi connectivity index (χ2v) is 6.08. The van der Waals surface area contributed by atoms with Gasteiger partial charge in [-0.15, -0.1) is 24.0 Å². The van der Waals surface area contributed by atoms with Crippen LogP contribution in [0.5, 0.6) is 0 Å². The van der Waals surface area contributed by atoms with Crippen molar-refractivity contribution in [2.24, 2.45) is 10.9 Å². The van der Waals surface area contributed by atoms with Crippen LogP contribution in [0, 0.1) is 5.92 Å². The number of fused-ring (bicyclic) bond motifs is 1. The molecule has 0 amide bonds. The molecule has 1 aliphatic rings. The molecule has 1 aromatic heterocycles. The molecule has 132 valence electrons. The SMILES string of the molecule is CN=C(NCCc1cc2ccccc2o1)N(C)CC1CCOC1.I. The van der Waals surface area contributed by atoms with Gasteiger partial charge in [0.25, 0.3) is 0 Å². The number of nitrogens with zero attached hydrogens (tertiary/aromatic N) is 2. The number of para-hydroxylation sites is 1. The fourth-order valence-electron chi connectivity index (χ4n) is 3.04. The molecule has 0 aliphatic carbocycles. The molecule has 1 saturated heterocycles. The Bertz CT molecular complexity index is 632. The fraction of sp³-hybridized carbons (Fsp3) is 0.500. The van der Waals surface area contributed by atoms with Crippen LogP contribution in [0.25, 0.3) is 11.0 Å². The molecule has 1 fully saturated rings. The molecule has 2 heterocycles. The largest absolute Gasteiger partial charge is 0.461 e. The summed E-state index contributed by atoms with van der Waals surface area (Å²) in [6.07, 6.45) is 1.98. The number of hydrogen-bond donors (Lipinski definition) is 1. The standard InChI is InChI=1S/C18H25N3O2.HI/c1-19-18(21(2)12-14-8-10-22-13-14)20-9-7-16-11-15-5-3-4-6-17(15)23-16;/h3-6,11,14H,7-10,12-13H2,1-2H3,(H,19,20);1H. The Morgan fingerprint density at radius 1 is 1.38 bits per heavy atom. The molecular weight excluding hydrogens is 417 g/mol. The number of halogens is 1. The topological polar surface area (TPSA) is 50.0 Å². The van der Waals surface area contributed by atoms with E-state index in [9.17, 15) is 0 Å². The molecule has 1 aromatic carbocycles. The number of aliphatic imine (C=N–C) groups is 1. The Balaban J connectivity index is 0.00000208. The van der Waals surface area contributed by atoms with Gasteiger partial charge < -0.3 is 19.4 Å². The molecule has 24 heavy (non-hydrogen) atoms. The number of rotatable bonds is 5. The minimum atomic E-state index is 0. The van der Waals surface area contributed by atoms with Gasteiger partial charge in [-0.25, -0.2) is 0 Å². The second-order valence-electron chi connectivity index (χ2n) is 6.08. The lowest BCUT2D eigenvalue weighted by molar-refractivity contribution is 0.181. The lowest BCUT2D eigenvalue weighted by Gasteiger charge is -2.24. The lowest BCUT2D eigenvalue weighted by atomic mass is 10.1. The van der Waals surface area contributed by atoms with Gasteiger partial charge in [-0.05, 0) is 18.6 Å². The molecule has 1 unspecified atom stereocenters. The Kier molecular flexibility index (Phi) is 7.36. The number of hydrogen-bond acceptors (Lipinski definition) is 3. The van der Waals surface area contributed by atoms with Crippen molar-refractivity contribution in [3.05, 3.63) is 36.1 Å². The Morgan fingerprint density at radius 2 is 2.21 bits per heavy atom. The van der Waals surface area contributed by atoms with Gasteiger partial charge in [-0.1, -0.05) is 18.2 Å². The summed E-state index contributed by atoms with van der Waals surface area (Å²) in [5.41, 5.74) is 0.949. The summed E-state index contributed by atoms with van der Waals surface area (Å²) < 4.78 is 11.3. The highest BCUT2D eigenvalue weighted by molar-refractivity contribution is 14.0. The average Bonchev–Trinajstić information content (AvgIpc) is 3.20. The normalized spacial score (nSPS) is 17.8. The van der Waals surface area contributed by atoms with Crippen LogP contribution < -0.4 is 5.32 Å². The first-order chi connectivity index (χ1) is 11.3. The molecule has 5 nitrogen and oxygen atoms in total. The maximum atomic E-state index is 5.84. The maximum absolute atomic E-state index is 5.84. The summed E-state index contributed by atoms with van der Waals surface area (Å²) in [6.45, 7) is 3.53. The van der Waals surface area contributed by atoms with Crippen LogP contribution in [-0.4, -0.2) is 51.3 Å². The predicted molar refractivity (Wildman–Crippen MR) is 108 cm³/mol. The minimum absolute atomic E-state index is 0. The van der Waals surface area contributed by atoms with Crippen LogP contribution >= 0.6 is 24.0 Å². The van der Waals surface area contributed by atoms with E-state index in [-0.39, 0.29) is 24.0 Å².